The van der Waals surface area contributed by atoms with E-state index in [1.54, 1.807) is 28.6 Å². The molecule has 3 aliphatic heterocycles. The van der Waals surface area contributed by atoms with E-state index in [0.29, 0.717) is 57.7 Å². The van der Waals surface area contributed by atoms with Gasteiger partial charge in [0.05, 0.1) is 46.9 Å². The molecule has 2 fully saturated rings. The molecule has 7 rings (SSSR count). The van der Waals surface area contributed by atoms with Gasteiger partial charge in [-0.25, -0.2) is 14.2 Å². The lowest BCUT2D eigenvalue weighted by Gasteiger charge is -2.40. The monoisotopic (exact) mass is 513 g/mol. The van der Waals surface area contributed by atoms with Gasteiger partial charge < -0.3 is 14.4 Å². The molecule has 0 radical (unpaired) electrons. The zero-order valence-corrected chi connectivity index (χ0v) is 21.3. The number of imidazole rings is 1. The van der Waals surface area contributed by atoms with Crippen LogP contribution in [-0.4, -0.2) is 63.5 Å². The topological polar surface area (TPSA) is 74.4 Å². The number of aromatic nitrogens is 4. The van der Waals surface area contributed by atoms with Gasteiger partial charge in [-0.15, -0.1) is 0 Å². The SMILES string of the molecule is Cn1c(=O)n2c3c4c(c(-c5ccc(C#CCCN6CCCCC6)nc5)c(F)cc4ncc31)OCC21COC1. The minimum atomic E-state index is -0.635. The summed E-state index contributed by atoms with van der Waals surface area (Å²) in [7, 11) is 1.73. The Hall–Kier alpha value is -3.74. The molecule has 194 valence electrons. The second kappa shape index (κ2) is 8.93. The van der Waals surface area contributed by atoms with E-state index in [1.807, 2.05) is 12.1 Å². The number of hydrogen-bond donors (Lipinski definition) is 0. The van der Waals surface area contributed by atoms with E-state index in [1.165, 1.54) is 25.3 Å². The maximum absolute atomic E-state index is 15.6. The minimum Gasteiger partial charge on any atom is -0.489 e. The van der Waals surface area contributed by atoms with Gasteiger partial charge in [0.15, 0.2) is 0 Å². The fourth-order valence-electron chi connectivity index (χ4n) is 5.93. The molecular weight excluding hydrogens is 485 g/mol. The average Bonchev–Trinajstić information content (AvgIpc) is 3.06. The first kappa shape index (κ1) is 23.4. The highest BCUT2D eigenvalue weighted by Crippen LogP contribution is 2.45. The minimum absolute atomic E-state index is 0.162. The van der Waals surface area contributed by atoms with Gasteiger partial charge in [-0.05, 0) is 44.0 Å². The number of halogens is 1. The van der Waals surface area contributed by atoms with Gasteiger partial charge in [0.1, 0.15) is 29.4 Å². The molecule has 0 bridgehead atoms. The molecule has 0 unspecified atom stereocenters. The number of aryl methyl sites for hydroxylation is 1. The lowest BCUT2D eigenvalue weighted by atomic mass is 9.98. The van der Waals surface area contributed by atoms with Crippen LogP contribution in [0.25, 0.3) is 33.1 Å². The predicted molar refractivity (Wildman–Crippen MR) is 142 cm³/mol. The molecule has 9 heteroatoms. The number of fused-ring (bicyclic) bond motifs is 1. The van der Waals surface area contributed by atoms with E-state index in [4.69, 9.17) is 9.47 Å². The summed E-state index contributed by atoms with van der Waals surface area (Å²) in [4.78, 5) is 24.7. The number of rotatable bonds is 3. The van der Waals surface area contributed by atoms with Crippen LogP contribution >= 0.6 is 0 Å². The summed E-state index contributed by atoms with van der Waals surface area (Å²) in [5, 5.41) is 0.627. The first-order valence-corrected chi connectivity index (χ1v) is 13.2. The molecule has 3 aliphatic rings. The number of ether oxygens (including phenoxy) is 2. The van der Waals surface area contributed by atoms with Crippen molar-refractivity contribution < 1.29 is 13.9 Å². The molecule has 1 aromatic carbocycles. The molecular formula is C29H28FN5O3. The molecule has 0 amide bonds. The predicted octanol–water partition coefficient (Wildman–Crippen LogP) is 3.43. The summed E-state index contributed by atoms with van der Waals surface area (Å²) >= 11 is 0. The third kappa shape index (κ3) is 3.55. The fraction of sp³-hybridized carbons (Fsp3) is 0.414. The Bertz CT molecular complexity index is 1690. The second-order valence-corrected chi connectivity index (χ2v) is 10.5. The molecule has 1 spiro atoms. The number of nitrogens with zero attached hydrogens (tertiary/aromatic N) is 5. The van der Waals surface area contributed by atoms with Gasteiger partial charge in [0, 0.05) is 37.8 Å². The number of likely N-dealkylation sites (tertiary alicyclic amines) is 1. The van der Waals surface area contributed by atoms with E-state index in [0.717, 1.165) is 26.1 Å². The fourth-order valence-corrected chi connectivity index (χ4v) is 5.93. The molecule has 4 aromatic rings. The Labute approximate surface area is 219 Å². The molecule has 0 saturated carbocycles. The molecule has 0 aliphatic carbocycles. The van der Waals surface area contributed by atoms with Crippen LogP contribution in [0.3, 0.4) is 0 Å². The van der Waals surface area contributed by atoms with E-state index >= 15 is 4.39 Å². The molecule has 2 saturated heterocycles. The zero-order valence-electron chi connectivity index (χ0n) is 21.3. The molecule has 3 aromatic heterocycles. The van der Waals surface area contributed by atoms with Crippen molar-refractivity contribution >= 4 is 21.9 Å². The number of benzene rings is 1. The van der Waals surface area contributed by atoms with Crippen LogP contribution in [-0.2, 0) is 17.3 Å². The van der Waals surface area contributed by atoms with Crippen LogP contribution in [0.5, 0.6) is 5.75 Å². The Morgan fingerprint density at radius 3 is 2.68 bits per heavy atom. The highest BCUT2D eigenvalue weighted by Gasteiger charge is 2.46. The summed E-state index contributed by atoms with van der Waals surface area (Å²) in [5.74, 6) is 6.29. The molecule has 8 nitrogen and oxygen atoms in total. The van der Waals surface area contributed by atoms with Crippen molar-refractivity contribution in [2.75, 3.05) is 39.5 Å². The van der Waals surface area contributed by atoms with Crippen molar-refractivity contribution in [2.24, 2.45) is 7.05 Å². The number of piperidine rings is 1. The van der Waals surface area contributed by atoms with E-state index in [9.17, 15) is 4.79 Å². The van der Waals surface area contributed by atoms with Crippen molar-refractivity contribution in [3.05, 3.63) is 52.6 Å². The van der Waals surface area contributed by atoms with Crippen LogP contribution in [0.4, 0.5) is 4.39 Å². The summed E-state index contributed by atoms with van der Waals surface area (Å²) in [6.45, 7) is 4.20. The quantitative estimate of drug-likeness (QED) is 0.391. The Kier molecular flexibility index (Phi) is 5.49. The third-order valence-corrected chi connectivity index (χ3v) is 8.05. The first-order valence-electron chi connectivity index (χ1n) is 13.2. The van der Waals surface area contributed by atoms with Gasteiger partial charge in [-0.3, -0.25) is 14.1 Å². The maximum atomic E-state index is 15.6. The van der Waals surface area contributed by atoms with Crippen molar-refractivity contribution in [1.82, 2.24) is 24.0 Å². The smallest absolute Gasteiger partial charge is 0.329 e. The first-order chi connectivity index (χ1) is 18.6. The van der Waals surface area contributed by atoms with Crippen LogP contribution in [0, 0.1) is 17.7 Å². The van der Waals surface area contributed by atoms with Crippen LogP contribution < -0.4 is 10.4 Å². The normalized spacial score (nSPS) is 18.3. The number of pyridine rings is 2. The van der Waals surface area contributed by atoms with E-state index in [2.05, 4.69) is 26.7 Å². The van der Waals surface area contributed by atoms with Crippen LogP contribution in [0.1, 0.15) is 31.4 Å². The molecule has 38 heavy (non-hydrogen) atoms. The van der Waals surface area contributed by atoms with Crippen molar-refractivity contribution in [2.45, 2.75) is 31.2 Å². The highest BCUT2D eigenvalue weighted by molar-refractivity contribution is 6.09. The van der Waals surface area contributed by atoms with Gasteiger partial charge in [-0.1, -0.05) is 12.3 Å². The van der Waals surface area contributed by atoms with Gasteiger partial charge >= 0.3 is 5.69 Å². The van der Waals surface area contributed by atoms with Crippen LogP contribution in [0.2, 0.25) is 0 Å². The Morgan fingerprint density at radius 1 is 1.11 bits per heavy atom. The average molecular weight is 514 g/mol. The van der Waals surface area contributed by atoms with E-state index < -0.39 is 11.4 Å². The lowest BCUT2D eigenvalue weighted by molar-refractivity contribution is -0.118. The molecule has 6 heterocycles. The van der Waals surface area contributed by atoms with Crippen molar-refractivity contribution in [1.29, 1.82) is 0 Å². The van der Waals surface area contributed by atoms with Crippen LogP contribution in [0.15, 0.2) is 35.4 Å². The third-order valence-electron chi connectivity index (χ3n) is 8.05. The Morgan fingerprint density at radius 2 is 1.95 bits per heavy atom. The zero-order chi connectivity index (χ0) is 25.9. The maximum Gasteiger partial charge on any atom is 0.329 e. The highest BCUT2D eigenvalue weighted by atomic mass is 19.1. The van der Waals surface area contributed by atoms with Crippen molar-refractivity contribution in [3.8, 4) is 28.7 Å². The van der Waals surface area contributed by atoms with Gasteiger partial charge in [0.25, 0.3) is 0 Å². The van der Waals surface area contributed by atoms with Crippen molar-refractivity contribution in [3.63, 3.8) is 0 Å². The summed E-state index contributed by atoms with van der Waals surface area (Å²) in [6, 6.07) is 5.04. The lowest BCUT2D eigenvalue weighted by Crippen LogP contribution is -2.58. The van der Waals surface area contributed by atoms with E-state index in [-0.39, 0.29) is 12.3 Å². The number of hydrogen-bond acceptors (Lipinski definition) is 6. The molecule has 0 atom stereocenters. The largest absolute Gasteiger partial charge is 0.489 e. The second-order valence-electron chi connectivity index (χ2n) is 10.5. The summed E-state index contributed by atoms with van der Waals surface area (Å²) < 4.78 is 30.8. The van der Waals surface area contributed by atoms with Gasteiger partial charge in [0.2, 0.25) is 0 Å². The molecule has 0 N–H and O–H groups in total. The van der Waals surface area contributed by atoms with Gasteiger partial charge in [-0.2, -0.15) is 0 Å². The Balaban J connectivity index is 1.28. The summed E-state index contributed by atoms with van der Waals surface area (Å²) in [5.41, 5.74) is 2.55. The summed E-state index contributed by atoms with van der Waals surface area (Å²) in [6.07, 6.45) is 7.92. The standard InChI is InChI=1S/C29H28FN5O3/c1-33-23-15-32-22-13-21(30)24(27-25(22)26(23)35(28(33)36)29(18-38-27)16-37-17-29)19-8-9-20(31-14-19)7-3-6-12-34-10-4-2-5-11-34/h8-9,13-15H,2,4-6,10-12,16-18H2,1H3.